The normalized spacial score (nSPS) is 11.9. The Morgan fingerprint density at radius 1 is 1.00 bits per heavy atom. The molecular formula is C18H31NNiO. The number of hydrogen-bond acceptors (Lipinski definition) is 2. The van der Waals surface area contributed by atoms with Crippen molar-refractivity contribution < 1.29 is 21.3 Å². The standard InChI is InChI=1S/C18H31NO.Ni/c1-7-8-13-19-20-16-11-9-15(10-12-16)18(5,6)14-17(2,3)4;/h9-12,19H,7-8,13-14H2,1-6H3;. The molecule has 21 heavy (non-hydrogen) atoms. The SMILES string of the molecule is CCCCNOc1ccc(C(C)(C)CC(C)(C)C)cc1.[Ni]. The van der Waals surface area contributed by atoms with E-state index in [1.54, 1.807) is 0 Å². The Labute approximate surface area is 140 Å². The Balaban J connectivity index is 0.00000400. The maximum absolute atomic E-state index is 5.53. The minimum absolute atomic E-state index is 0. The molecule has 124 valence electrons. The molecule has 1 aromatic carbocycles. The van der Waals surface area contributed by atoms with Crippen LogP contribution < -0.4 is 10.3 Å². The van der Waals surface area contributed by atoms with Gasteiger partial charge in [-0.25, -0.2) is 0 Å². The molecule has 0 bridgehead atoms. The largest absolute Gasteiger partial charge is 0.409 e. The second-order valence-corrected chi connectivity index (χ2v) is 7.50. The predicted molar refractivity (Wildman–Crippen MR) is 87.1 cm³/mol. The fourth-order valence-corrected chi connectivity index (χ4v) is 2.79. The van der Waals surface area contributed by atoms with Crippen molar-refractivity contribution in [3.05, 3.63) is 29.8 Å². The van der Waals surface area contributed by atoms with Crippen LogP contribution in [0.15, 0.2) is 24.3 Å². The van der Waals surface area contributed by atoms with Crippen LogP contribution in [0.25, 0.3) is 0 Å². The number of hydrogen-bond donors (Lipinski definition) is 1. The van der Waals surface area contributed by atoms with Crippen molar-refractivity contribution >= 4 is 0 Å². The van der Waals surface area contributed by atoms with Crippen LogP contribution in [-0.2, 0) is 21.9 Å². The maximum atomic E-state index is 5.53. The van der Waals surface area contributed by atoms with Gasteiger partial charge in [-0.1, -0.05) is 60.1 Å². The van der Waals surface area contributed by atoms with Crippen molar-refractivity contribution in [2.24, 2.45) is 5.41 Å². The van der Waals surface area contributed by atoms with Crippen LogP contribution in [0.2, 0.25) is 0 Å². The summed E-state index contributed by atoms with van der Waals surface area (Å²) in [4.78, 5) is 5.53. The van der Waals surface area contributed by atoms with E-state index < -0.39 is 0 Å². The number of unbranched alkanes of at least 4 members (excludes halogenated alkanes) is 1. The number of nitrogens with one attached hydrogen (secondary N) is 1. The molecule has 2 nitrogen and oxygen atoms in total. The molecule has 1 N–H and O–H groups in total. The molecule has 0 unspecified atom stereocenters. The molecule has 0 spiro atoms. The number of benzene rings is 1. The summed E-state index contributed by atoms with van der Waals surface area (Å²) in [5.74, 6) is 0.886. The summed E-state index contributed by atoms with van der Waals surface area (Å²) in [6.07, 6.45) is 3.47. The summed E-state index contributed by atoms with van der Waals surface area (Å²) >= 11 is 0. The Morgan fingerprint density at radius 3 is 2.05 bits per heavy atom. The maximum Gasteiger partial charge on any atom is 0.147 e. The summed E-state index contributed by atoms with van der Waals surface area (Å²) < 4.78 is 0. The second kappa shape index (κ2) is 8.80. The third kappa shape index (κ3) is 7.88. The van der Waals surface area contributed by atoms with E-state index >= 15 is 0 Å². The van der Waals surface area contributed by atoms with Gasteiger partial charge in [0.25, 0.3) is 0 Å². The molecule has 0 aromatic heterocycles. The van der Waals surface area contributed by atoms with E-state index in [9.17, 15) is 0 Å². The summed E-state index contributed by atoms with van der Waals surface area (Å²) in [6.45, 7) is 14.6. The van der Waals surface area contributed by atoms with Crippen LogP contribution in [0.5, 0.6) is 5.75 Å². The van der Waals surface area contributed by atoms with Crippen LogP contribution in [0.3, 0.4) is 0 Å². The van der Waals surface area contributed by atoms with Crippen LogP contribution in [0.4, 0.5) is 0 Å². The Hall–Kier alpha value is -0.526. The minimum atomic E-state index is 0. The first-order valence-corrected chi connectivity index (χ1v) is 7.75. The molecule has 0 saturated carbocycles. The zero-order valence-corrected chi connectivity index (χ0v) is 15.3. The van der Waals surface area contributed by atoms with Crippen LogP contribution in [0, 0.1) is 5.41 Å². The van der Waals surface area contributed by atoms with E-state index in [-0.39, 0.29) is 21.9 Å². The quantitative estimate of drug-likeness (QED) is 0.426. The van der Waals surface area contributed by atoms with Gasteiger partial charge in [0, 0.05) is 23.0 Å². The van der Waals surface area contributed by atoms with Crippen molar-refractivity contribution in [1.29, 1.82) is 0 Å². The van der Waals surface area contributed by atoms with E-state index in [2.05, 4.69) is 71.3 Å². The van der Waals surface area contributed by atoms with Gasteiger partial charge in [0.1, 0.15) is 5.75 Å². The first-order valence-electron chi connectivity index (χ1n) is 7.75. The molecule has 1 rings (SSSR count). The smallest absolute Gasteiger partial charge is 0.147 e. The molecule has 0 saturated heterocycles. The van der Waals surface area contributed by atoms with E-state index in [1.165, 1.54) is 12.0 Å². The molecule has 0 aliphatic rings. The average molecular weight is 336 g/mol. The van der Waals surface area contributed by atoms with Gasteiger partial charge in [-0.3, -0.25) is 0 Å². The molecule has 0 radical (unpaired) electrons. The third-order valence-electron chi connectivity index (χ3n) is 3.43. The Morgan fingerprint density at radius 2 is 1.57 bits per heavy atom. The fraction of sp³-hybridized carbons (Fsp3) is 0.667. The van der Waals surface area contributed by atoms with E-state index in [4.69, 9.17) is 4.84 Å². The van der Waals surface area contributed by atoms with Crippen LogP contribution in [-0.4, -0.2) is 6.54 Å². The van der Waals surface area contributed by atoms with Gasteiger partial charge in [0.2, 0.25) is 0 Å². The monoisotopic (exact) mass is 335 g/mol. The number of rotatable bonds is 7. The molecule has 1 aromatic rings. The van der Waals surface area contributed by atoms with Crippen molar-refractivity contribution in [3.63, 3.8) is 0 Å². The average Bonchev–Trinajstić information content (AvgIpc) is 2.32. The first kappa shape index (κ1) is 20.5. The molecule has 0 fully saturated rings. The molecule has 0 atom stereocenters. The molecule has 0 amide bonds. The molecule has 0 aliphatic carbocycles. The van der Waals surface area contributed by atoms with Crippen molar-refractivity contribution in [2.75, 3.05) is 6.54 Å². The van der Waals surface area contributed by atoms with Crippen LogP contribution >= 0.6 is 0 Å². The molecule has 0 heterocycles. The third-order valence-corrected chi connectivity index (χ3v) is 3.43. The first-order chi connectivity index (χ1) is 9.24. The zero-order valence-electron chi connectivity index (χ0n) is 14.4. The van der Waals surface area contributed by atoms with E-state index in [1.807, 2.05) is 0 Å². The molecule has 3 heteroatoms. The summed E-state index contributed by atoms with van der Waals surface area (Å²) in [7, 11) is 0. The van der Waals surface area contributed by atoms with Gasteiger partial charge < -0.3 is 4.84 Å². The summed E-state index contributed by atoms with van der Waals surface area (Å²) in [5.41, 5.74) is 4.89. The van der Waals surface area contributed by atoms with Crippen molar-refractivity contribution in [2.45, 2.75) is 66.2 Å². The summed E-state index contributed by atoms with van der Waals surface area (Å²) in [5, 5.41) is 0. The predicted octanol–water partition coefficient (Wildman–Crippen LogP) is 5.08. The molecule has 0 aliphatic heterocycles. The van der Waals surface area contributed by atoms with Gasteiger partial charge in [0.15, 0.2) is 0 Å². The van der Waals surface area contributed by atoms with Crippen molar-refractivity contribution in [1.82, 2.24) is 5.48 Å². The van der Waals surface area contributed by atoms with Crippen LogP contribution in [0.1, 0.15) is 66.4 Å². The zero-order chi connectivity index (χ0) is 15.2. The van der Waals surface area contributed by atoms with E-state index in [0.29, 0.717) is 5.41 Å². The van der Waals surface area contributed by atoms with Gasteiger partial charge >= 0.3 is 0 Å². The Bertz CT molecular complexity index is 393. The van der Waals surface area contributed by atoms with Crippen molar-refractivity contribution in [3.8, 4) is 5.75 Å². The van der Waals surface area contributed by atoms with Gasteiger partial charge in [0.05, 0.1) is 0 Å². The minimum Gasteiger partial charge on any atom is -0.409 e. The Kier molecular flexibility index (Phi) is 8.58. The topological polar surface area (TPSA) is 21.3 Å². The molecular weight excluding hydrogens is 305 g/mol. The summed E-state index contributed by atoms with van der Waals surface area (Å²) in [6, 6.07) is 8.47. The van der Waals surface area contributed by atoms with Gasteiger partial charge in [-0.05, 0) is 41.4 Å². The van der Waals surface area contributed by atoms with Gasteiger partial charge in [-0.2, -0.15) is 5.48 Å². The van der Waals surface area contributed by atoms with E-state index in [0.717, 1.165) is 25.1 Å². The van der Waals surface area contributed by atoms with Gasteiger partial charge in [-0.15, -0.1) is 0 Å². The fourth-order valence-electron chi connectivity index (χ4n) is 2.79. The number of hydroxylamine groups is 1. The second-order valence-electron chi connectivity index (χ2n) is 7.50.